The molecule has 0 unspecified atom stereocenters. The van der Waals surface area contributed by atoms with Crippen LogP contribution in [-0.2, 0) is 4.79 Å². The van der Waals surface area contributed by atoms with Crippen LogP contribution in [0, 0.1) is 13.8 Å². The van der Waals surface area contributed by atoms with Crippen molar-refractivity contribution in [1.82, 2.24) is 5.32 Å². The van der Waals surface area contributed by atoms with Crippen LogP contribution >= 0.6 is 11.8 Å². The fraction of sp³-hybridized carbons (Fsp3) is 0.208. The van der Waals surface area contributed by atoms with Gasteiger partial charge in [0.2, 0.25) is 5.91 Å². The number of hydrogen-bond acceptors (Lipinski definition) is 2. The number of rotatable bonds is 6. The molecule has 3 aromatic rings. The van der Waals surface area contributed by atoms with Crippen LogP contribution in [0.2, 0.25) is 0 Å². The molecule has 0 heterocycles. The SMILES string of the molecule is Cc1ccc(S[C@@H](C)C(=O)N[C@H](c2ccccc2)c2ccc(C)cc2)cc1. The van der Waals surface area contributed by atoms with Gasteiger partial charge in [-0.05, 0) is 44.0 Å². The number of benzene rings is 3. The van der Waals surface area contributed by atoms with Gasteiger partial charge in [0.1, 0.15) is 0 Å². The number of thioether (sulfide) groups is 1. The van der Waals surface area contributed by atoms with E-state index in [4.69, 9.17) is 0 Å². The third kappa shape index (κ3) is 5.24. The monoisotopic (exact) mass is 375 g/mol. The summed E-state index contributed by atoms with van der Waals surface area (Å²) in [5.41, 5.74) is 4.61. The topological polar surface area (TPSA) is 29.1 Å². The Balaban J connectivity index is 1.77. The van der Waals surface area contributed by atoms with Crippen LogP contribution < -0.4 is 5.32 Å². The predicted molar refractivity (Wildman–Crippen MR) is 114 cm³/mol. The highest BCUT2D eigenvalue weighted by molar-refractivity contribution is 8.00. The number of aryl methyl sites for hydroxylation is 2. The maximum atomic E-state index is 12.9. The Morgan fingerprint density at radius 2 is 1.30 bits per heavy atom. The third-order valence-electron chi connectivity index (χ3n) is 4.53. The molecule has 0 aromatic heterocycles. The molecule has 0 saturated carbocycles. The molecular formula is C24H25NOS. The first-order chi connectivity index (χ1) is 13.0. The Labute approximate surface area is 166 Å². The number of carbonyl (C=O) groups excluding carboxylic acids is 1. The van der Waals surface area contributed by atoms with Gasteiger partial charge in [0, 0.05) is 4.90 Å². The second kappa shape index (κ2) is 8.92. The molecule has 3 aromatic carbocycles. The van der Waals surface area contributed by atoms with Crippen molar-refractivity contribution in [3.8, 4) is 0 Å². The van der Waals surface area contributed by atoms with Crippen molar-refractivity contribution in [2.45, 2.75) is 37.0 Å². The molecule has 3 heteroatoms. The predicted octanol–water partition coefficient (Wildman–Crippen LogP) is 5.69. The molecule has 2 nitrogen and oxygen atoms in total. The van der Waals surface area contributed by atoms with Gasteiger partial charge in [-0.15, -0.1) is 11.8 Å². The number of nitrogens with one attached hydrogen (secondary N) is 1. The maximum Gasteiger partial charge on any atom is 0.233 e. The van der Waals surface area contributed by atoms with Crippen LogP contribution in [0.4, 0.5) is 0 Å². The van der Waals surface area contributed by atoms with Gasteiger partial charge in [-0.3, -0.25) is 4.79 Å². The molecule has 0 spiro atoms. The molecular weight excluding hydrogens is 350 g/mol. The fourth-order valence-electron chi connectivity index (χ4n) is 2.90. The fourth-order valence-corrected chi connectivity index (χ4v) is 3.77. The smallest absolute Gasteiger partial charge is 0.233 e. The Morgan fingerprint density at radius 3 is 1.89 bits per heavy atom. The van der Waals surface area contributed by atoms with Crippen LogP contribution in [0.15, 0.2) is 83.8 Å². The van der Waals surface area contributed by atoms with E-state index in [2.05, 4.69) is 79.8 Å². The van der Waals surface area contributed by atoms with Crippen molar-refractivity contribution in [1.29, 1.82) is 0 Å². The first-order valence-corrected chi connectivity index (χ1v) is 10.1. The van der Waals surface area contributed by atoms with Gasteiger partial charge in [0.05, 0.1) is 11.3 Å². The van der Waals surface area contributed by atoms with E-state index in [9.17, 15) is 4.79 Å². The number of carbonyl (C=O) groups is 1. The summed E-state index contributed by atoms with van der Waals surface area (Å²) in [6.45, 7) is 6.09. The number of amides is 1. The van der Waals surface area contributed by atoms with Gasteiger partial charge < -0.3 is 5.32 Å². The summed E-state index contributed by atoms with van der Waals surface area (Å²) < 4.78 is 0. The molecule has 2 atom stereocenters. The molecule has 0 radical (unpaired) electrons. The lowest BCUT2D eigenvalue weighted by Gasteiger charge is -2.22. The van der Waals surface area contributed by atoms with Gasteiger partial charge in [0.25, 0.3) is 0 Å². The van der Waals surface area contributed by atoms with E-state index < -0.39 is 0 Å². The van der Waals surface area contributed by atoms with Crippen molar-refractivity contribution in [2.24, 2.45) is 0 Å². The molecule has 3 rings (SSSR count). The van der Waals surface area contributed by atoms with E-state index in [1.54, 1.807) is 11.8 Å². The minimum absolute atomic E-state index is 0.0370. The Kier molecular flexibility index (Phi) is 6.36. The average molecular weight is 376 g/mol. The standard InChI is InChI=1S/C24H25NOS/c1-17-9-13-21(14-10-17)23(20-7-5-4-6-8-20)25-24(26)19(3)27-22-15-11-18(2)12-16-22/h4-16,19,23H,1-3H3,(H,25,26)/t19-,23+/m0/s1. The molecule has 0 fully saturated rings. The van der Waals surface area contributed by atoms with Crippen LogP contribution in [0.1, 0.15) is 35.2 Å². The molecule has 0 saturated heterocycles. The van der Waals surface area contributed by atoms with Gasteiger partial charge in [-0.25, -0.2) is 0 Å². The zero-order valence-corrected chi connectivity index (χ0v) is 16.8. The normalized spacial score (nSPS) is 13.0. The minimum atomic E-state index is -0.177. The molecule has 1 N–H and O–H groups in total. The van der Waals surface area contributed by atoms with Crippen molar-refractivity contribution in [2.75, 3.05) is 0 Å². The quantitative estimate of drug-likeness (QED) is 0.561. The second-order valence-electron chi connectivity index (χ2n) is 6.84. The molecule has 0 aliphatic heterocycles. The van der Waals surface area contributed by atoms with Crippen molar-refractivity contribution in [3.05, 3.63) is 101 Å². The van der Waals surface area contributed by atoms with E-state index in [0.29, 0.717) is 0 Å². The average Bonchev–Trinajstić information content (AvgIpc) is 2.69. The van der Waals surface area contributed by atoms with Crippen LogP contribution in [0.5, 0.6) is 0 Å². The maximum absolute atomic E-state index is 12.9. The zero-order chi connectivity index (χ0) is 19.2. The minimum Gasteiger partial charge on any atom is -0.344 e. The largest absolute Gasteiger partial charge is 0.344 e. The molecule has 138 valence electrons. The lowest BCUT2D eigenvalue weighted by Crippen LogP contribution is -2.34. The van der Waals surface area contributed by atoms with E-state index in [-0.39, 0.29) is 17.2 Å². The summed E-state index contributed by atoms with van der Waals surface area (Å²) in [7, 11) is 0. The Bertz CT molecular complexity index is 873. The summed E-state index contributed by atoms with van der Waals surface area (Å²) in [5.74, 6) is 0.0370. The number of hydrogen-bond donors (Lipinski definition) is 1. The highest BCUT2D eigenvalue weighted by Crippen LogP contribution is 2.26. The van der Waals surface area contributed by atoms with Gasteiger partial charge in [-0.1, -0.05) is 77.9 Å². The summed E-state index contributed by atoms with van der Waals surface area (Å²) in [4.78, 5) is 14.0. The first-order valence-electron chi connectivity index (χ1n) is 9.18. The molecule has 0 bridgehead atoms. The lowest BCUT2D eigenvalue weighted by molar-refractivity contribution is -0.120. The molecule has 1 amide bonds. The molecule has 0 aliphatic rings. The van der Waals surface area contributed by atoms with E-state index in [1.807, 2.05) is 25.1 Å². The lowest BCUT2D eigenvalue weighted by atomic mass is 9.97. The van der Waals surface area contributed by atoms with Gasteiger partial charge in [-0.2, -0.15) is 0 Å². The van der Waals surface area contributed by atoms with Crippen LogP contribution in [0.3, 0.4) is 0 Å². The molecule has 0 aliphatic carbocycles. The first kappa shape index (κ1) is 19.2. The van der Waals surface area contributed by atoms with E-state index in [0.717, 1.165) is 16.0 Å². The van der Waals surface area contributed by atoms with Crippen molar-refractivity contribution in [3.63, 3.8) is 0 Å². The highest BCUT2D eigenvalue weighted by atomic mass is 32.2. The highest BCUT2D eigenvalue weighted by Gasteiger charge is 2.21. The van der Waals surface area contributed by atoms with Gasteiger partial charge >= 0.3 is 0 Å². The third-order valence-corrected chi connectivity index (χ3v) is 5.65. The van der Waals surface area contributed by atoms with E-state index >= 15 is 0 Å². The Morgan fingerprint density at radius 1 is 0.778 bits per heavy atom. The van der Waals surface area contributed by atoms with Crippen molar-refractivity contribution < 1.29 is 4.79 Å². The summed E-state index contributed by atoms with van der Waals surface area (Å²) in [6, 6.07) is 26.6. The van der Waals surface area contributed by atoms with Crippen LogP contribution in [-0.4, -0.2) is 11.2 Å². The second-order valence-corrected chi connectivity index (χ2v) is 8.25. The van der Waals surface area contributed by atoms with Gasteiger partial charge in [0.15, 0.2) is 0 Å². The van der Waals surface area contributed by atoms with Crippen molar-refractivity contribution >= 4 is 17.7 Å². The van der Waals surface area contributed by atoms with E-state index in [1.165, 1.54) is 11.1 Å². The summed E-state index contributed by atoms with van der Waals surface area (Å²) >= 11 is 1.58. The van der Waals surface area contributed by atoms with Crippen LogP contribution in [0.25, 0.3) is 0 Å². The zero-order valence-electron chi connectivity index (χ0n) is 16.0. The molecule has 27 heavy (non-hydrogen) atoms. The summed E-state index contributed by atoms with van der Waals surface area (Å²) in [5, 5.41) is 3.06. The Hall–Kier alpha value is -2.52. The summed E-state index contributed by atoms with van der Waals surface area (Å²) in [6.07, 6.45) is 0.